The average Bonchev–Trinajstić information content (AvgIpc) is 3.02. The van der Waals surface area contributed by atoms with Crippen molar-refractivity contribution in [2.75, 3.05) is 0 Å². The highest BCUT2D eigenvalue weighted by atomic mass is 32.1. The zero-order valence-electron chi connectivity index (χ0n) is 10.4. The van der Waals surface area contributed by atoms with Gasteiger partial charge in [-0.1, -0.05) is 13.3 Å². The molecule has 92 valence electrons. The van der Waals surface area contributed by atoms with Crippen LogP contribution in [0, 0.1) is 0 Å². The number of rotatable bonds is 4. The molecule has 0 saturated heterocycles. The summed E-state index contributed by atoms with van der Waals surface area (Å²) in [6, 6.07) is 8.60. The fourth-order valence-corrected chi connectivity index (χ4v) is 3.25. The third kappa shape index (κ3) is 2.06. The van der Waals surface area contributed by atoms with Gasteiger partial charge >= 0.3 is 0 Å². The third-order valence-electron chi connectivity index (χ3n) is 3.15. The Kier molecular flexibility index (Phi) is 3.15. The van der Waals surface area contributed by atoms with Crippen molar-refractivity contribution >= 4 is 22.4 Å². The van der Waals surface area contributed by atoms with Crippen LogP contribution in [0.2, 0.25) is 0 Å². The van der Waals surface area contributed by atoms with Crippen LogP contribution in [0.1, 0.15) is 24.6 Å². The molecule has 0 saturated carbocycles. The van der Waals surface area contributed by atoms with E-state index < -0.39 is 0 Å². The van der Waals surface area contributed by atoms with Gasteiger partial charge in [-0.05, 0) is 37.1 Å². The lowest BCUT2D eigenvalue weighted by Gasteiger charge is -1.95. The summed E-state index contributed by atoms with van der Waals surface area (Å²) in [4.78, 5) is 10.4. The second-order valence-corrected chi connectivity index (χ2v) is 5.64. The van der Waals surface area contributed by atoms with Crippen LogP contribution in [0.25, 0.3) is 21.5 Å². The quantitative estimate of drug-likeness (QED) is 0.724. The molecule has 3 aromatic heterocycles. The smallest absolute Gasteiger partial charge is 0.137 e. The number of hydrogen-bond donors (Lipinski definition) is 1. The van der Waals surface area contributed by atoms with Crippen LogP contribution in [0.15, 0.2) is 36.7 Å². The van der Waals surface area contributed by atoms with E-state index in [0.29, 0.717) is 0 Å². The van der Waals surface area contributed by atoms with Crippen molar-refractivity contribution in [3.8, 4) is 10.4 Å². The first-order valence-corrected chi connectivity index (χ1v) is 7.21. The zero-order chi connectivity index (χ0) is 12.4. The van der Waals surface area contributed by atoms with Crippen LogP contribution >= 0.6 is 11.3 Å². The summed E-state index contributed by atoms with van der Waals surface area (Å²) in [5.74, 6) is 0. The van der Waals surface area contributed by atoms with E-state index in [0.717, 1.165) is 5.65 Å². The fraction of sp³-hybridized carbons (Fsp3) is 0.267. The van der Waals surface area contributed by atoms with Gasteiger partial charge in [0.25, 0.3) is 0 Å². The minimum atomic E-state index is 0.969. The van der Waals surface area contributed by atoms with Crippen molar-refractivity contribution < 1.29 is 0 Å². The van der Waals surface area contributed by atoms with Crippen molar-refractivity contribution in [3.05, 3.63) is 41.5 Å². The van der Waals surface area contributed by atoms with Gasteiger partial charge in [-0.25, -0.2) is 4.98 Å². The Bertz CT molecular complexity index is 651. The molecule has 3 heterocycles. The Morgan fingerprint density at radius 1 is 1.28 bits per heavy atom. The number of aromatic amines is 1. The summed E-state index contributed by atoms with van der Waals surface area (Å²) in [6.45, 7) is 2.24. The first-order chi connectivity index (χ1) is 8.88. The predicted molar refractivity (Wildman–Crippen MR) is 78.0 cm³/mol. The molecule has 3 aromatic rings. The van der Waals surface area contributed by atoms with E-state index in [-0.39, 0.29) is 0 Å². The molecular formula is C15H16N2S. The van der Waals surface area contributed by atoms with E-state index in [1.165, 1.54) is 40.0 Å². The predicted octanol–water partition coefficient (Wildman–Crippen LogP) is 4.63. The van der Waals surface area contributed by atoms with Crippen LogP contribution in [-0.2, 0) is 6.42 Å². The maximum atomic E-state index is 4.33. The number of pyridine rings is 1. The van der Waals surface area contributed by atoms with Gasteiger partial charge in [0.05, 0.1) is 0 Å². The zero-order valence-corrected chi connectivity index (χ0v) is 11.3. The molecular weight excluding hydrogens is 240 g/mol. The third-order valence-corrected chi connectivity index (χ3v) is 4.33. The van der Waals surface area contributed by atoms with Gasteiger partial charge in [-0.15, -0.1) is 11.3 Å². The first kappa shape index (κ1) is 11.5. The van der Waals surface area contributed by atoms with Gasteiger partial charge in [0, 0.05) is 33.1 Å². The van der Waals surface area contributed by atoms with Gasteiger partial charge in [-0.2, -0.15) is 0 Å². The Morgan fingerprint density at radius 2 is 2.22 bits per heavy atom. The molecule has 0 aliphatic heterocycles. The van der Waals surface area contributed by atoms with Crippen LogP contribution in [0.3, 0.4) is 0 Å². The topological polar surface area (TPSA) is 28.7 Å². The van der Waals surface area contributed by atoms with Crippen molar-refractivity contribution in [1.29, 1.82) is 0 Å². The minimum Gasteiger partial charge on any atom is -0.345 e. The number of H-pyrrole nitrogens is 1. The summed E-state index contributed by atoms with van der Waals surface area (Å²) in [5.41, 5.74) is 2.24. The maximum absolute atomic E-state index is 4.33. The van der Waals surface area contributed by atoms with Gasteiger partial charge < -0.3 is 4.98 Å². The molecule has 0 unspecified atom stereocenters. The molecule has 3 heteroatoms. The average molecular weight is 256 g/mol. The highest BCUT2D eigenvalue weighted by molar-refractivity contribution is 7.15. The van der Waals surface area contributed by atoms with Crippen LogP contribution in [-0.4, -0.2) is 9.97 Å². The SMILES string of the molecule is CCCCc1ccc(-c2c[nH]c3ncccc23)s1. The largest absolute Gasteiger partial charge is 0.345 e. The first-order valence-electron chi connectivity index (χ1n) is 6.39. The summed E-state index contributed by atoms with van der Waals surface area (Å²) < 4.78 is 0. The number of aromatic nitrogens is 2. The number of hydrogen-bond acceptors (Lipinski definition) is 2. The van der Waals surface area contributed by atoms with E-state index in [2.05, 4.69) is 41.3 Å². The lowest BCUT2D eigenvalue weighted by Crippen LogP contribution is -1.76. The molecule has 0 aliphatic rings. The summed E-state index contributed by atoms with van der Waals surface area (Å²) in [5, 5.41) is 1.21. The van der Waals surface area contributed by atoms with Crippen molar-refractivity contribution in [2.24, 2.45) is 0 Å². The molecule has 0 radical (unpaired) electrons. The number of nitrogens with zero attached hydrogens (tertiary/aromatic N) is 1. The second-order valence-electron chi connectivity index (χ2n) is 4.47. The normalized spacial score (nSPS) is 11.2. The van der Waals surface area contributed by atoms with Gasteiger partial charge in [-0.3, -0.25) is 0 Å². The summed E-state index contributed by atoms with van der Waals surface area (Å²) in [6.07, 6.45) is 7.61. The molecule has 0 amide bonds. The van der Waals surface area contributed by atoms with E-state index in [4.69, 9.17) is 0 Å². The van der Waals surface area contributed by atoms with E-state index in [1.807, 2.05) is 23.6 Å². The Balaban J connectivity index is 1.96. The molecule has 3 rings (SSSR count). The highest BCUT2D eigenvalue weighted by Crippen LogP contribution is 2.33. The second kappa shape index (κ2) is 4.94. The van der Waals surface area contributed by atoms with Crippen LogP contribution < -0.4 is 0 Å². The van der Waals surface area contributed by atoms with Crippen molar-refractivity contribution in [2.45, 2.75) is 26.2 Å². The number of fused-ring (bicyclic) bond motifs is 1. The number of thiophene rings is 1. The molecule has 0 fully saturated rings. The number of unbranched alkanes of at least 4 members (excludes halogenated alkanes) is 1. The fourth-order valence-electron chi connectivity index (χ4n) is 2.17. The monoisotopic (exact) mass is 256 g/mol. The summed E-state index contributed by atoms with van der Waals surface area (Å²) in [7, 11) is 0. The molecule has 0 aliphatic carbocycles. The number of aryl methyl sites for hydroxylation is 1. The van der Waals surface area contributed by atoms with Crippen molar-refractivity contribution in [3.63, 3.8) is 0 Å². The molecule has 2 nitrogen and oxygen atoms in total. The highest BCUT2D eigenvalue weighted by Gasteiger charge is 2.08. The molecule has 0 bridgehead atoms. The number of nitrogens with one attached hydrogen (secondary N) is 1. The molecule has 0 aromatic carbocycles. The Hall–Kier alpha value is -1.61. The lowest BCUT2D eigenvalue weighted by molar-refractivity contribution is 0.804. The Labute approximate surface area is 111 Å². The van der Waals surface area contributed by atoms with E-state index >= 15 is 0 Å². The van der Waals surface area contributed by atoms with Crippen LogP contribution in [0.5, 0.6) is 0 Å². The van der Waals surface area contributed by atoms with Gasteiger partial charge in [0.2, 0.25) is 0 Å². The summed E-state index contributed by atoms with van der Waals surface area (Å²) >= 11 is 1.90. The lowest BCUT2D eigenvalue weighted by atomic mass is 10.2. The van der Waals surface area contributed by atoms with Crippen LogP contribution in [0.4, 0.5) is 0 Å². The minimum absolute atomic E-state index is 0.969. The maximum Gasteiger partial charge on any atom is 0.137 e. The van der Waals surface area contributed by atoms with Gasteiger partial charge in [0.15, 0.2) is 0 Å². The van der Waals surface area contributed by atoms with Crippen molar-refractivity contribution in [1.82, 2.24) is 9.97 Å². The molecule has 0 spiro atoms. The molecule has 1 N–H and O–H groups in total. The standard InChI is InChI=1S/C15H16N2S/c1-2-3-5-11-7-8-14(18-11)13-10-17-15-12(13)6-4-9-16-15/h4,6-10H,2-3,5H2,1H3,(H,16,17). The van der Waals surface area contributed by atoms with E-state index in [9.17, 15) is 0 Å². The molecule has 18 heavy (non-hydrogen) atoms. The Morgan fingerprint density at radius 3 is 3.11 bits per heavy atom. The molecule has 0 atom stereocenters. The van der Waals surface area contributed by atoms with Gasteiger partial charge in [0.1, 0.15) is 5.65 Å². The van der Waals surface area contributed by atoms with E-state index in [1.54, 1.807) is 0 Å².